The lowest BCUT2D eigenvalue weighted by Crippen LogP contribution is -2.51. The van der Waals surface area contributed by atoms with Gasteiger partial charge in [0.2, 0.25) is 11.9 Å². The highest BCUT2D eigenvalue weighted by Gasteiger charge is 2.41. The summed E-state index contributed by atoms with van der Waals surface area (Å²) in [6.45, 7) is 4.61. The summed E-state index contributed by atoms with van der Waals surface area (Å²) in [4.78, 5) is 35.0. The van der Waals surface area contributed by atoms with Gasteiger partial charge in [0.1, 0.15) is 5.56 Å². The fourth-order valence-electron chi connectivity index (χ4n) is 4.83. The molecule has 3 aromatic rings. The topological polar surface area (TPSA) is 80.2 Å². The molecule has 0 aliphatic carbocycles. The molecule has 2 aromatic carbocycles. The molecule has 38 heavy (non-hydrogen) atoms. The van der Waals surface area contributed by atoms with E-state index in [1.807, 2.05) is 4.90 Å². The van der Waals surface area contributed by atoms with Crippen molar-refractivity contribution >= 4 is 87.1 Å². The van der Waals surface area contributed by atoms with Gasteiger partial charge in [-0.25, -0.2) is 9.88 Å². The zero-order valence-corrected chi connectivity index (χ0v) is 23.3. The smallest absolute Gasteiger partial charge is 0.270 e. The van der Waals surface area contributed by atoms with Gasteiger partial charge in [0.05, 0.1) is 38.0 Å². The lowest BCUT2D eigenvalue weighted by atomic mass is 10.1. The van der Waals surface area contributed by atoms with Crippen molar-refractivity contribution in [2.75, 3.05) is 66.3 Å². The summed E-state index contributed by atoms with van der Waals surface area (Å²) in [6.07, 6.45) is 1.49. The Bertz CT molecular complexity index is 1430. The van der Waals surface area contributed by atoms with E-state index in [1.165, 1.54) is 11.1 Å². The van der Waals surface area contributed by atoms with E-state index in [1.54, 1.807) is 30.3 Å². The number of para-hydroxylation sites is 1. The Morgan fingerprint density at radius 3 is 2.26 bits per heavy atom. The fourth-order valence-corrected chi connectivity index (χ4v) is 6.12. The number of benzene rings is 2. The maximum Gasteiger partial charge on any atom is 0.270 e. The number of anilines is 5. The molecule has 3 aliphatic heterocycles. The third-order valence-electron chi connectivity index (χ3n) is 6.73. The van der Waals surface area contributed by atoms with Crippen LogP contribution in [0, 0.1) is 0 Å². The average molecular weight is 592 g/mol. The van der Waals surface area contributed by atoms with Crippen LogP contribution in [0.3, 0.4) is 0 Å². The minimum Gasteiger partial charge on any atom is -0.367 e. The minimum absolute atomic E-state index is 0.298. The molecule has 0 radical (unpaired) electrons. The molecule has 6 rings (SSSR count). The highest BCUT2D eigenvalue weighted by atomic mass is 35.5. The number of aliphatic imine (C=N–C) groups is 1. The number of rotatable bonds is 4. The third kappa shape index (κ3) is 4.42. The number of likely N-dealkylation sites (N-methyl/N-ethyl adjacent to an activating group) is 1. The molecule has 0 saturated carbocycles. The predicted octanol–water partition coefficient (Wildman–Crippen LogP) is 5.42. The summed E-state index contributed by atoms with van der Waals surface area (Å²) in [5.74, 6) is 0.812. The summed E-state index contributed by atoms with van der Waals surface area (Å²) < 4.78 is 0. The molecule has 1 aromatic heterocycles. The number of halogens is 4. The van der Waals surface area contributed by atoms with Crippen molar-refractivity contribution in [2.45, 2.75) is 0 Å². The quantitative estimate of drug-likeness (QED) is 0.434. The van der Waals surface area contributed by atoms with E-state index < -0.39 is 0 Å². The van der Waals surface area contributed by atoms with E-state index in [0.717, 1.165) is 31.9 Å². The van der Waals surface area contributed by atoms with E-state index in [-0.39, 0.29) is 5.91 Å². The van der Waals surface area contributed by atoms with Crippen molar-refractivity contribution in [2.24, 2.45) is 4.99 Å². The molecule has 13 heteroatoms. The number of nitrogens with one attached hydrogen (secondary N) is 1. The van der Waals surface area contributed by atoms with E-state index in [0.29, 0.717) is 67.8 Å². The van der Waals surface area contributed by atoms with Crippen molar-refractivity contribution in [1.82, 2.24) is 14.9 Å². The molecule has 4 heterocycles. The maximum absolute atomic E-state index is 13.6. The van der Waals surface area contributed by atoms with Crippen LogP contribution in [0.25, 0.3) is 0 Å². The second kappa shape index (κ2) is 10.1. The predicted molar refractivity (Wildman–Crippen MR) is 154 cm³/mol. The van der Waals surface area contributed by atoms with Crippen LogP contribution in [-0.2, 0) is 0 Å². The van der Waals surface area contributed by atoms with Crippen molar-refractivity contribution in [3.63, 3.8) is 0 Å². The molecule has 3 aliphatic rings. The number of amides is 1. The Morgan fingerprint density at radius 1 is 0.895 bits per heavy atom. The zero-order chi connectivity index (χ0) is 26.6. The number of piperazine rings is 1. The van der Waals surface area contributed by atoms with Gasteiger partial charge in [-0.1, -0.05) is 52.5 Å². The Balaban J connectivity index is 1.31. The second-order valence-corrected chi connectivity index (χ2v) is 10.8. The van der Waals surface area contributed by atoms with Crippen LogP contribution >= 0.6 is 46.4 Å². The first-order valence-corrected chi connectivity index (χ1v) is 13.5. The summed E-state index contributed by atoms with van der Waals surface area (Å²) in [6, 6.07) is 8.69. The number of guanidine groups is 1. The Labute approximate surface area is 239 Å². The molecule has 1 amide bonds. The van der Waals surface area contributed by atoms with Gasteiger partial charge in [0, 0.05) is 44.6 Å². The lowest BCUT2D eigenvalue weighted by Gasteiger charge is -2.35. The van der Waals surface area contributed by atoms with Crippen molar-refractivity contribution in [3.8, 4) is 0 Å². The van der Waals surface area contributed by atoms with Crippen molar-refractivity contribution in [1.29, 1.82) is 0 Å². The largest absolute Gasteiger partial charge is 0.367 e. The SMILES string of the molecule is CN1CCN(c2c(Cl)cc(Nc3ncc4c(n3)N3CCN=C3N(c3c(Cl)cccc3Cl)C4=O)cc2Cl)CC1. The molecule has 0 spiro atoms. The van der Waals surface area contributed by atoms with E-state index in [9.17, 15) is 4.79 Å². The molecule has 1 N–H and O–H groups in total. The van der Waals surface area contributed by atoms with Crippen LogP contribution in [0.1, 0.15) is 10.4 Å². The van der Waals surface area contributed by atoms with Gasteiger partial charge in [-0.3, -0.25) is 14.7 Å². The van der Waals surface area contributed by atoms with E-state index >= 15 is 0 Å². The number of carbonyl (C=O) groups is 1. The molecule has 1 fully saturated rings. The van der Waals surface area contributed by atoms with E-state index in [2.05, 4.69) is 37.1 Å². The van der Waals surface area contributed by atoms with Gasteiger partial charge >= 0.3 is 0 Å². The number of hydrogen-bond donors (Lipinski definition) is 1. The average Bonchev–Trinajstić information content (AvgIpc) is 3.36. The second-order valence-electron chi connectivity index (χ2n) is 9.18. The summed E-state index contributed by atoms with van der Waals surface area (Å²) in [5, 5.41) is 4.95. The lowest BCUT2D eigenvalue weighted by molar-refractivity contribution is 0.1000. The van der Waals surface area contributed by atoms with Crippen molar-refractivity contribution in [3.05, 3.63) is 62.2 Å². The first-order chi connectivity index (χ1) is 18.3. The molecule has 196 valence electrons. The Morgan fingerprint density at radius 2 is 1.58 bits per heavy atom. The third-order valence-corrected chi connectivity index (χ3v) is 7.92. The van der Waals surface area contributed by atoms with E-state index in [4.69, 9.17) is 46.4 Å². The number of nitrogens with zero attached hydrogens (tertiary/aromatic N) is 7. The normalized spacial score (nSPS) is 17.4. The monoisotopic (exact) mass is 590 g/mol. The van der Waals surface area contributed by atoms with Crippen LogP contribution < -0.4 is 20.0 Å². The highest BCUT2D eigenvalue weighted by molar-refractivity contribution is 6.44. The fraction of sp³-hybridized carbons (Fsp3) is 0.280. The van der Waals surface area contributed by atoms with Crippen LogP contribution in [0.2, 0.25) is 20.1 Å². The van der Waals surface area contributed by atoms with Crippen LogP contribution in [0.4, 0.5) is 28.8 Å². The zero-order valence-electron chi connectivity index (χ0n) is 20.3. The number of carbonyl (C=O) groups excluding carboxylic acids is 1. The summed E-state index contributed by atoms with van der Waals surface area (Å²) in [5.41, 5.74) is 2.15. The molecule has 1 saturated heterocycles. The Kier molecular flexibility index (Phi) is 6.74. The van der Waals surface area contributed by atoms with Gasteiger partial charge in [-0.2, -0.15) is 4.98 Å². The molecular formula is C25H22Cl4N8O. The van der Waals surface area contributed by atoms with Crippen LogP contribution in [0.5, 0.6) is 0 Å². The van der Waals surface area contributed by atoms with Gasteiger partial charge in [-0.15, -0.1) is 0 Å². The summed E-state index contributed by atoms with van der Waals surface area (Å²) >= 11 is 26.2. The van der Waals surface area contributed by atoms with Gasteiger partial charge in [0.15, 0.2) is 5.82 Å². The standard InChI is InChI=1S/C25H22Cl4N8O/c1-34-7-9-35(10-8-34)20-18(28)11-14(12-19(20)29)32-24-31-13-15-22(33-24)36-6-5-30-25(36)37(23(15)38)21-16(26)3-2-4-17(21)27/h2-4,11-13H,5-10H2,1H3,(H,31,32,33). The molecule has 0 unspecified atom stereocenters. The first kappa shape index (κ1) is 25.5. The highest BCUT2D eigenvalue weighted by Crippen LogP contribution is 2.41. The van der Waals surface area contributed by atoms with Crippen LogP contribution in [0.15, 0.2) is 41.5 Å². The maximum atomic E-state index is 13.6. The molecule has 0 bridgehead atoms. The number of hydrogen-bond acceptors (Lipinski definition) is 8. The number of fused-ring (bicyclic) bond motifs is 3. The first-order valence-electron chi connectivity index (χ1n) is 12.0. The number of aromatic nitrogens is 2. The van der Waals surface area contributed by atoms with Gasteiger partial charge < -0.3 is 15.1 Å². The molecule has 0 atom stereocenters. The molecule has 9 nitrogen and oxygen atoms in total. The Hall–Kier alpha value is -2.82. The summed E-state index contributed by atoms with van der Waals surface area (Å²) in [7, 11) is 2.10. The van der Waals surface area contributed by atoms with Gasteiger partial charge in [0.25, 0.3) is 5.91 Å². The van der Waals surface area contributed by atoms with Gasteiger partial charge in [-0.05, 0) is 31.3 Å². The van der Waals surface area contributed by atoms with Crippen molar-refractivity contribution < 1.29 is 4.79 Å². The molecular weight excluding hydrogens is 570 g/mol. The van der Waals surface area contributed by atoms with Crippen LogP contribution in [-0.4, -0.2) is 73.1 Å². The minimum atomic E-state index is -0.360.